The van der Waals surface area contributed by atoms with Gasteiger partial charge in [0.2, 0.25) is 10.9 Å². The predicted octanol–water partition coefficient (Wildman–Crippen LogP) is 2.31. The van der Waals surface area contributed by atoms with Gasteiger partial charge in [-0.2, -0.15) is 15.7 Å². The Morgan fingerprint density at radius 1 is 1.31 bits per heavy atom. The van der Waals surface area contributed by atoms with Crippen LogP contribution >= 0.6 is 11.8 Å². The maximum absolute atomic E-state index is 13.2. The van der Waals surface area contributed by atoms with Crippen molar-refractivity contribution in [2.45, 2.75) is 38.7 Å². The zero-order valence-electron chi connectivity index (χ0n) is 19.6. The molecule has 0 aliphatic carbocycles. The number of methoxy groups -OCH3 is 1. The van der Waals surface area contributed by atoms with Crippen molar-refractivity contribution in [2.75, 3.05) is 13.7 Å². The van der Waals surface area contributed by atoms with E-state index >= 15 is 0 Å². The van der Waals surface area contributed by atoms with Crippen LogP contribution in [0, 0.1) is 18.3 Å². The Morgan fingerprint density at radius 3 is 2.83 bits per heavy atom. The first-order valence-electron chi connectivity index (χ1n) is 10.9. The molecule has 1 atom stereocenters. The normalized spacial score (nSPS) is 18.5. The van der Waals surface area contributed by atoms with Gasteiger partial charge in [0.05, 0.1) is 13.2 Å². The number of pyridine rings is 1. The van der Waals surface area contributed by atoms with E-state index in [1.165, 1.54) is 23.4 Å². The zero-order chi connectivity index (χ0) is 24.8. The average Bonchev–Trinajstić information content (AvgIpc) is 3.50. The Kier molecular flexibility index (Phi) is 7.62. The van der Waals surface area contributed by atoms with E-state index in [1.807, 2.05) is 43.3 Å². The first-order chi connectivity index (χ1) is 17.0. The third-order valence-corrected chi connectivity index (χ3v) is 6.32. The fourth-order valence-electron chi connectivity index (χ4n) is 3.58. The van der Waals surface area contributed by atoms with Gasteiger partial charge in [0.25, 0.3) is 11.4 Å². The zero-order valence-corrected chi connectivity index (χ0v) is 20.4. The molecule has 2 N–H and O–H groups in total. The second-order valence-corrected chi connectivity index (χ2v) is 8.92. The van der Waals surface area contributed by atoms with Crippen LogP contribution in [0.15, 0.2) is 50.7 Å². The number of nitriles is 1. The summed E-state index contributed by atoms with van der Waals surface area (Å²) in [6.45, 7) is 4.53. The highest BCUT2D eigenvalue weighted by Gasteiger charge is 2.41. The first-order valence-corrected chi connectivity index (χ1v) is 11.7. The third-order valence-electron chi connectivity index (χ3n) is 5.22. The molecule has 35 heavy (non-hydrogen) atoms. The van der Waals surface area contributed by atoms with Gasteiger partial charge in [0, 0.05) is 30.5 Å². The molecule has 1 unspecified atom stereocenters. The van der Waals surface area contributed by atoms with Crippen molar-refractivity contribution in [3.63, 3.8) is 0 Å². The van der Waals surface area contributed by atoms with E-state index in [2.05, 4.69) is 26.0 Å². The molecule has 11 nitrogen and oxygen atoms in total. The van der Waals surface area contributed by atoms with Crippen molar-refractivity contribution >= 4 is 16.9 Å². The second kappa shape index (κ2) is 10.8. The molecule has 3 heterocycles. The molecule has 0 amide bonds. The van der Waals surface area contributed by atoms with Gasteiger partial charge >= 0.3 is 0 Å². The Morgan fingerprint density at radius 2 is 2.11 bits per heavy atom. The Balaban J connectivity index is 1.61. The average molecular weight is 496 g/mol. The predicted molar refractivity (Wildman–Crippen MR) is 130 cm³/mol. The number of thioether (sulfide) groups is 1. The molecule has 1 aliphatic rings. The Labute approximate surface area is 206 Å². The van der Waals surface area contributed by atoms with Crippen LogP contribution in [-0.2, 0) is 29.2 Å². The molecule has 1 aromatic carbocycles. The minimum atomic E-state index is -1.13. The van der Waals surface area contributed by atoms with Crippen LogP contribution in [0.25, 0.3) is 11.4 Å². The van der Waals surface area contributed by atoms with Gasteiger partial charge in [-0.3, -0.25) is 15.2 Å². The topological polar surface area (TPSA) is 140 Å². The molecular weight excluding hydrogens is 470 g/mol. The number of aryl methyl sites for hydroxylation is 1. The van der Waals surface area contributed by atoms with Crippen LogP contribution in [-0.4, -0.2) is 38.6 Å². The van der Waals surface area contributed by atoms with Crippen molar-refractivity contribution in [2.24, 2.45) is 4.99 Å². The maximum Gasteiger partial charge on any atom is 0.269 e. The van der Waals surface area contributed by atoms with Crippen molar-refractivity contribution in [1.82, 2.24) is 25.6 Å². The summed E-state index contributed by atoms with van der Waals surface area (Å²) in [6, 6.07) is 13.2. The number of aromatic nitrogens is 3. The molecule has 12 heteroatoms. The van der Waals surface area contributed by atoms with E-state index in [0.29, 0.717) is 28.8 Å². The molecule has 0 saturated carbocycles. The van der Waals surface area contributed by atoms with Gasteiger partial charge in [-0.25, -0.2) is 0 Å². The number of rotatable bonds is 9. The molecule has 1 aliphatic heterocycles. The lowest BCUT2D eigenvalue weighted by molar-refractivity contribution is -0.0334. The Hall–Kier alpha value is -3.50. The fourth-order valence-corrected chi connectivity index (χ4v) is 4.60. The Bertz CT molecular complexity index is 1320. The SMILES string of the molecule is CCN=C1NNC(Cn2c(C)cc(COC)c(C#N)c2=O)(OCc2nc(-c3ccccc3)no2)S1. The van der Waals surface area contributed by atoms with Crippen molar-refractivity contribution < 1.29 is 14.0 Å². The summed E-state index contributed by atoms with van der Waals surface area (Å²) >= 11 is 1.29. The molecule has 4 rings (SSSR count). The summed E-state index contributed by atoms with van der Waals surface area (Å²) in [5.74, 6) is 0.736. The summed E-state index contributed by atoms with van der Waals surface area (Å²) in [5, 5.41) is 13.1. The largest absolute Gasteiger partial charge is 0.380 e. The van der Waals surface area contributed by atoms with E-state index in [1.54, 1.807) is 13.0 Å². The molecule has 1 fully saturated rings. The number of hydrazine groups is 1. The number of hydrogen-bond acceptors (Lipinski definition) is 10. The van der Waals surface area contributed by atoms with Gasteiger partial charge in [0.1, 0.15) is 18.2 Å². The lowest BCUT2D eigenvalue weighted by atomic mass is 10.1. The van der Waals surface area contributed by atoms with Gasteiger partial charge in [-0.15, -0.1) is 0 Å². The highest BCUT2D eigenvalue weighted by molar-refractivity contribution is 8.15. The minimum Gasteiger partial charge on any atom is -0.380 e. The number of amidine groups is 1. The monoisotopic (exact) mass is 495 g/mol. The second-order valence-electron chi connectivity index (χ2n) is 7.67. The molecule has 0 radical (unpaired) electrons. The van der Waals surface area contributed by atoms with Crippen molar-refractivity contribution in [3.05, 3.63) is 69.5 Å². The smallest absolute Gasteiger partial charge is 0.269 e. The first kappa shape index (κ1) is 24.6. The van der Waals surface area contributed by atoms with E-state index in [-0.39, 0.29) is 31.2 Å². The molecule has 0 bridgehead atoms. The number of nitrogens with zero attached hydrogens (tertiary/aromatic N) is 5. The minimum absolute atomic E-state index is 0.0123. The van der Waals surface area contributed by atoms with E-state index in [9.17, 15) is 10.1 Å². The van der Waals surface area contributed by atoms with Gasteiger partial charge in [-0.05, 0) is 31.7 Å². The van der Waals surface area contributed by atoms with Crippen molar-refractivity contribution in [1.29, 1.82) is 5.26 Å². The van der Waals surface area contributed by atoms with Crippen LogP contribution in [0.1, 0.15) is 29.6 Å². The molecule has 2 aromatic heterocycles. The van der Waals surface area contributed by atoms with Crippen LogP contribution in [0.2, 0.25) is 0 Å². The van der Waals surface area contributed by atoms with Gasteiger partial charge in [-0.1, -0.05) is 35.5 Å². The number of benzene rings is 1. The van der Waals surface area contributed by atoms with E-state index in [4.69, 9.17) is 14.0 Å². The number of aliphatic imine (C=N–C) groups is 1. The quantitative estimate of drug-likeness (QED) is 0.454. The van der Waals surface area contributed by atoms with Crippen molar-refractivity contribution in [3.8, 4) is 17.5 Å². The van der Waals surface area contributed by atoms with E-state index in [0.717, 1.165) is 5.56 Å². The van der Waals surface area contributed by atoms with E-state index < -0.39 is 10.6 Å². The van der Waals surface area contributed by atoms with Crippen LogP contribution in [0.5, 0.6) is 0 Å². The summed E-state index contributed by atoms with van der Waals surface area (Å²) in [6.07, 6.45) is 0. The highest BCUT2D eigenvalue weighted by atomic mass is 32.2. The standard InChI is InChI=1S/C23H25N7O4S/c1-4-25-22-27-29-23(35-22,14-30-15(2)10-17(12-32-3)18(11-24)21(30)31)33-13-19-26-20(28-34-19)16-8-6-5-7-9-16/h5-10,29H,4,12-14H2,1-3H3,(H,25,27). The van der Waals surface area contributed by atoms with Crippen LogP contribution in [0.4, 0.5) is 0 Å². The number of hydrogen-bond donors (Lipinski definition) is 2. The lowest BCUT2D eigenvalue weighted by Gasteiger charge is -2.28. The third kappa shape index (κ3) is 5.44. The number of nitrogens with one attached hydrogen (secondary N) is 2. The summed E-state index contributed by atoms with van der Waals surface area (Å²) in [5.41, 5.74) is 7.75. The summed E-state index contributed by atoms with van der Waals surface area (Å²) in [4.78, 5) is 22.0. The van der Waals surface area contributed by atoms with Gasteiger partial charge < -0.3 is 18.6 Å². The molecule has 182 valence electrons. The maximum atomic E-state index is 13.2. The number of ether oxygens (including phenoxy) is 2. The molecular formula is C23H25N7O4S. The van der Waals surface area contributed by atoms with Crippen LogP contribution < -0.4 is 16.4 Å². The highest BCUT2D eigenvalue weighted by Crippen LogP contribution is 2.32. The van der Waals surface area contributed by atoms with Gasteiger partial charge in [0.15, 0.2) is 5.17 Å². The summed E-state index contributed by atoms with van der Waals surface area (Å²) in [7, 11) is 1.52. The fraction of sp³-hybridized carbons (Fsp3) is 0.348. The lowest BCUT2D eigenvalue weighted by Crippen LogP contribution is -2.50. The molecule has 1 saturated heterocycles. The summed E-state index contributed by atoms with van der Waals surface area (Å²) < 4.78 is 18.2. The molecule has 3 aromatic rings. The van der Waals surface area contributed by atoms with Crippen LogP contribution in [0.3, 0.4) is 0 Å². The molecule has 0 spiro atoms.